The van der Waals surface area contributed by atoms with Gasteiger partial charge in [-0.15, -0.1) is 0 Å². The third-order valence-electron chi connectivity index (χ3n) is 6.81. The number of nitrogen functional groups attached to an aromatic ring is 1. The third kappa shape index (κ3) is 5.17. The van der Waals surface area contributed by atoms with Crippen molar-refractivity contribution < 1.29 is 14.3 Å². The summed E-state index contributed by atoms with van der Waals surface area (Å²) in [5, 5.41) is 18.5. The third-order valence-corrected chi connectivity index (χ3v) is 8.65. The number of hydrogen-bond donors (Lipinski definition) is 3. The number of carbonyl (C=O) groups is 1. The second-order valence-electron chi connectivity index (χ2n) is 10.6. The van der Waals surface area contributed by atoms with Crippen LogP contribution in [-0.4, -0.2) is 36.9 Å². The molecular weight excluding hydrogens is 463 g/mol. The van der Waals surface area contributed by atoms with Crippen molar-refractivity contribution in [1.29, 1.82) is 0 Å². The summed E-state index contributed by atoms with van der Waals surface area (Å²) in [4.78, 5) is 13.1. The Morgan fingerprint density at radius 2 is 2.00 bits per heavy atom. The Morgan fingerprint density at radius 1 is 1.36 bits per heavy atom. The second kappa shape index (κ2) is 8.78. The topological polar surface area (TPSA) is 93.2 Å². The molecule has 0 bridgehead atoms. The van der Waals surface area contributed by atoms with Crippen molar-refractivity contribution in [2.75, 3.05) is 16.8 Å². The number of hydrogen-bond acceptors (Lipinski definition) is 5. The van der Waals surface area contributed by atoms with Gasteiger partial charge in [0, 0.05) is 29.2 Å². The highest BCUT2D eigenvalue weighted by Crippen LogP contribution is 2.55. The van der Waals surface area contributed by atoms with Gasteiger partial charge in [-0.2, -0.15) is 16.9 Å². The molecule has 4 atom stereocenters. The number of amides is 1. The van der Waals surface area contributed by atoms with E-state index < -0.39 is 11.4 Å². The Kier molecular flexibility index (Phi) is 6.48. The SMILES string of the molecule is Cn1nc(C2CC3CC(O)(CSC(C)(C)C)C[C@H]3C2)c(C(=O)Nc2ccc(F)c(Cl)c2)c1N. The largest absolute Gasteiger partial charge is 0.389 e. The van der Waals surface area contributed by atoms with Crippen molar-refractivity contribution in [3.63, 3.8) is 0 Å². The molecule has 1 heterocycles. The van der Waals surface area contributed by atoms with Crippen LogP contribution in [0.2, 0.25) is 5.02 Å². The number of aryl methyl sites for hydroxylation is 1. The number of nitrogens with zero attached hydrogens (tertiary/aromatic N) is 2. The molecule has 1 amide bonds. The number of fused-ring (bicyclic) bond motifs is 1. The Morgan fingerprint density at radius 3 is 2.58 bits per heavy atom. The molecule has 1 aromatic carbocycles. The Hall–Kier alpha value is -1.77. The minimum Gasteiger partial charge on any atom is -0.389 e. The molecule has 180 valence electrons. The van der Waals surface area contributed by atoms with Crippen LogP contribution in [0.15, 0.2) is 18.2 Å². The van der Waals surface area contributed by atoms with Crippen LogP contribution in [-0.2, 0) is 7.05 Å². The maximum Gasteiger partial charge on any atom is 0.261 e. The molecule has 2 aromatic rings. The fourth-order valence-corrected chi connectivity index (χ4v) is 6.43. The molecule has 4 N–H and O–H groups in total. The number of aliphatic hydroxyl groups is 1. The van der Waals surface area contributed by atoms with Crippen LogP contribution in [0.1, 0.15) is 68.4 Å². The van der Waals surface area contributed by atoms with E-state index in [1.165, 1.54) is 22.9 Å². The van der Waals surface area contributed by atoms with Gasteiger partial charge in [0.1, 0.15) is 17.2 Å². The van der Waals surface area contributed by atoms with Crippen LogP contribution in [0.4, 0.5) is 15.9 Å². The van der Waals surface area contributed by atoms with Crippen LogP contribution in [0.5, 0.6) is 0 Å². The maximum absolute atomic E-state index is 13.5. The number of halogens is 2. The van der Waals surface area contributed by atoms with Gasteiger partial charge in [-0.3, -0.25) is 9.48 Å². The molecular formula is C24H32ClFN4O2S. The molecule has 33 heavy (non-hydrogen) atoms. The highest BCUT2D eigenvalue weighted by Gasteiger charge is 2.50. The number of nitrogens with one attached hydrogen (secondary N) is 1. The van der Waals surface area contributed by atoms with Crippen LogP contribution >= 0.6 is 23.4 Å². The Bertz CT molecular complexity index is 1050. The molecule has 9 heteroatoms. The van der Waals surface area contributed by atoms with Crippen molar-refractivity contribution in [2.24, 2.45) is 18.9 Å². The molecule has 0 spiro atoms. The second-order valence-corrected chi connectivity index (χ2v) is 12.8. The van der Waals surface area contributed by atoms with Gasteiger partial charge < -0.3 is 16.2 Å². The summed E-state index contributed by atoms with van der Waals surface area (Å²) in [5.74, 6) is 1.06. The smallest absolute Gasteiger partial charge is 0.261 e. The molecule has 0 saturated heterocycles. The van der Waals surface area contributed by atoms with Crippen LogP contribution in [0.25, 0.3) is 0 Å². The van der Waals surface area contributed by atoms with Gasteiger partial charge in [0.25, 0.3) is 5.91 Å². The number of benzene rings is 1. The lowest BCUT2D eigenvalue weighted by molar-refractivity contribution is 0.0627. The first-order chi connectivity index (χ1) is 15.3. The number of aromatic nitrogens is 2. The zero-order valence-corrected chi connectivity index (χ0v) is 21.1. The Labute approximate surface area is 203 Å². The standard InChI is InChI=1S/C24H32ClFN4O2S/c1-23(2,3)33-12-24(32)10-14-7-13(8-15(14)11-24)20-19(21(27)30(4)29-20)22(31)28-16-5-6-18(26)17(25)9-16/h5-6,9,13-15,32H,7-8,10-12,27H2,1-4H3,(H,28,31)/t13?,14-,15?,24?/m1/s1. The van der Waals surface area contributed by atoms with Gasteiger partial charge in [-0.05, 0) is 55.7 Å². The zero-order chi connectivity index (χ0) is 24.1. The van der Waals surface area contributed by atoms with E-state index in [2.05, 4.69) is 31.2 Å². The van der Waals surface area contributed by atoms with Crippen LogP contribution in [0.3, 0.4) is 0 Å². The molecule has 6 nitrogen and oxygen atoms in total. The first-order valence-corrected chi connectivity index (χ1v) is 12.7. The summed E-state index contributed by atoms with van der Waals surface area (Å²) in [6, 6.07) is 4.04. The van der Waals surface area contributed by atoms with Crippen molar-refractivity contribution >= 4 is 40.8 Å². The first-order valence-electron chi connectivity index (χ1n) is 11.3. The van der Waals surface area contributed by atoms with E-state index in [1.54, 1.807) is 7.05 Å². The summed E-state index contributed by atoms with van der Waals surface area (Å²) < 4.78 is 15.1. The number of carbonyl (C=O) groups excluding carboxylic acids is 1. The number of anilines is 2. The van der Waals surface area contributed by atoms with Crippen LogP contribution < -0.4 is 11.1 Å². The van der Waals surface area contributed by atoms with E-state index >= 15 is 0 Å². The lowest BCUT2D eigenvalue weighted by atomic mass is 9.92. The first kappa shape index (κ1) is 24.4. The van der Waals surface area contributed by atoms with E-state index in [9.17, 15) is 14.3 Å². The van der Waals surface area contributed by atoms with Crippen molar-refractivity contribution in [3.8, 4) is 0 Å². The van der Waals surface area contributed by atoms with E-state index in [0.29, 0.717) is 34.6 Å². The van der Waals surface area contributed by atoms with E-state index in [4.69, 9.17) is 17.3 Å². The molecule has 3 unspecified atom stereocenters. The van der Waals surface area contributed by atoms with Gasteiger partial charge in [0.15, 0.2) is 0 Å². The zero-order valence-electron chi connectivity index (χ0n) is 19.5. The van der Waals surface area contributed by atoms with Gasteiger partial charge >= 0.3 is 0 Å². The van der Waals surface area contributed by atoms with Gasteiger partial charge in [-0.25, -0.2) is 4.39 Å². The van der Waals surface area contributed by atoms with Crippen molar-refractivity contribution in [2.45, 2.75) is 62.7 Å². The van der Waals surface area contributed by atoms with Crippen LogP contribution in [0, 0.1) is 17.7 Å². The Balaban J connectivity index is 1.49. The number of thioether (sulfide) groups is 1. The lowest BCUT2D eigenvalue weighted by Gasteiger charge is -2.28. The molecule has 0 radical (unpaired) electrons. The molecule has 1 aromatic heterocycles. The summed E-state index contributed by atoms with van der Waals surface area (Å²) in [7, 11) is 1.72. The van der Waals surface area contributed by atoms with E-state index in [0.717, 1.165) is 31.4 Å². The normalized spacial score (nSPS) is 27.1. The molecule has 2 fully saturated rings. The maximum atomic E-state index is 13.5. The average molecular weight is 495 g/mol. The fraction of sp³-hybridized carbons (Fsp3) is 0.583. The van der Waals surface area contributed by atoms with E-state index in [1.807, 2.05) is 11.8 Å². The minimum atomic E-state index is -0.622. The lowest BCUT2D eigenvalue weighted by Crippen LogP contribution is -2.31. The molecule has 0 aliphatic heterocycles. The van der Waals surface area contributed by atoms with Gasteiger partial charge in [-0.1, -0.05) is 32.4 Å². The highest BCUT2D eigenvalue weighted by atomic mass is 35.5. The van der Waals surface area contributed by atoms with Gasteiger partial charge in [0.2, 0.25) is 0 Å². The minimum absolute atomic E-state index is 0.0621. The summed E-state index contributed by atoms with van der Waals surface area (Å²) in [5.41, 5.74) is 7.06. The molecule has 2 saturated carbocycles. The van der Waals surface area contributed by atoms with E-state index in [-0.39, 0.29) is 21.6 Å². The van der Waals surface area contributed by atoms with Crippen molar-refractivity contribution in [1.82, 2.24) is 9.78 Å². The monoisotopic (exact) mass is 494 g/mol. The fourth-order valence-electron chi connectivity index (χ4n) is 5.31. The predicted molar refractivity (Wildman–Crippen MR) is 132 cm³/mol. The molecule has 2 aliphatic rings. The summed E-state index contributed by atoms with van der Waals surface area (Å²) in [6.07, 6.45) is 3.34. The highest BCUT2D eigenvalue weighted by molar-refractivity contribution is 8.00. The quantitative estimate of drug-likeness (QED) is 0.530. The molecule has 2 aliphatic carbocycles. The summed E-state index contributed by atoms with van der Waals surface area (Å²) >= 11 is 7.66. The predicted octanol–water partition coefficient (Wildman–Crippen LogP) is 5.21. The van der Waals surface area contributed by atoms with Crippen molar-refractivity contribution in [3.05, 3.63) is 40.3 Å². The number of rotatable bonds is 5. The van der Waals surface area contributed by atoms with Gasteiger partial charge in [0.05, 0.1) is 16.3 Å². The number of nitrogens with two attached hydrogens (primary N) is 1. The molecule has 4 rings (SSSR count). The average Bonchev–Trinajstić information content (AvgIpc) is 3.32. The summed E-state index contributed by atoms with van der Waals surface area (Å²) in [6.45, 7) is 6.51.